The van der Waals surface area contributed by atoms with E-state index >= 15 is 0 Å². The Balaban J connectivity index is 2.64. The van der Waals surface area contributed by atoms with Crippen LogP contribution in [-0.2, 0) is 9.53 Å². The maximum absolute atomic E-state index is 11.5. The van der Waals surface area contributed by atoms with Gasteiger partial charge in [-0.2, -0.15) is 0 Å². The summed E-state index contributed by atoms with van der Waals surface area (Å²) in [5.74, 6) is 0.0144. The quantitative estimate of drug-likeness (QED) is 0.759. The topological polar surface area (TPSA) is 50.4 Å². The molecule has 0 aliphatic carbocycles. The van der Waals surface area contributed by atoms with Crippen LogP contribution in [0.4, 0.5) is 0 Å². The Morgan fingerprint density at radius 1 is 1.38 bits per heavy atom. The predicted molar refractivity (Wildman–Crippen MR) is 64.3 cm³/mol. The van der Waals surface area contributed by atoms with Crippen molar-refractivity contribution in [1.82, 2.24) is 10.6 Å². The lowest BCUT2D eigenvalue weighted by molar-refractivity contribution is -0.122. The first-order chi connectivity index (χ1) is 7.18. The van der Waals surface area contributed by atoms with Gasteiger partial charge in [-0.25, -0.2) is 0 Å². The molecule has 16 heavy (non-hydrogen) atoms. The lowest BCUT2D eigenvalue weighted by Gasteiger charge is -2.29. The molecule has 1 unspecified atom stereocenters. The van der Waals surface area contributed by atoms with Crippen LogP contribution >= 0.6 is 0 Å². The third-order valence-electron chi connectivity index (χ3n) is 3.17. The molecule has 4 heteroatoms. The monoisotopic (exact) mass is 228 g/mol. The molecular formula is C12H24N2O2. The van der Waals surface area contributed by atoms with E-state index in [0.29, 0.717) is 0 Å². The number of rotatable bonds is 3. The Hall–Kier alpha value is -0.610. The number of amides is 1. The standard InChI is InChI=1S/C12H24N2O2/c1-8(10(15)13-6)14-9-7-11(2,3)16-12(9,4)5/h8-9,14H,7H2,1-6H3,(H,13,15)/t8-,9?/m1/s1. The third-order valence-corrected chi connectivity index (χ3v) is 3.17. The second-order valence-corrected chi connectivity index (χ2v) is 5.72. The van der Waals surface area contributed by atoms with Crippen molar-refractivity contribution in [2.75, 3.05) is 7.05 Å². The SMILES string of the molecule is CNC(=O)[C@@H](C)NC1CC(C)(C)OC1(C)C. The number of hydrogen-bond donors (Lipinski definition) is 2. The van der Waals surface area contributed by atoms with Gasteiger partial charge in [-0.15, -0.1) is 0 Å². The van der Waals surface area contributed by atoms with Crippen LogP contribution in [0.5, 0.6) is 0 Å². The number of carbonyl (C=O) groups is 1. The van der Waals surface area contributed by atoms with E-state index in [9.17, 15) is 4.79 Å². The molecule has 1 aliphatic rings. The zero-order valence-electron chi connectivity index (χ0n) is 11.2. The zero-order chi connectivity index (χ0) is 12.6. The number of nitrogens with one attached hydrogen (secondary N) is 2. The van der Waals surface area contributed by atoms with E-state index < -0.39 is 0 Å². The second kappa shape index (κ2) is 4.34. The van der Waals surface area contributed by atoms with Crippen molar-refractivity contribution < 1.29 is 9.53 Å². The summed E-state index contributed by atoms with van der Waals surface area (Å²) < 4.78 is 5.97. The molecule has 2 N–H and O–H groups in total. The molecule has 4 nitrogen and oxygen atoms in total. The van der Waals surface area contributed by atoms with E-state index in [1.165, 1.54) is 0 Å². The fourth-order valence-electron chi connectivity index (χ4n) is 2.42. The van der Waals surface area contributed by atoms with Crippen molar-refractivity contribution in [3.63, 3.8) is 0 Å². The fourth-order valence-corrected chi connectivity index (χ4v) is 2.42. The van der Waals surface area contributed by atoms with Gasteiger partial charge in [-0.05, 0) is 41.0 Å². The van der Waals surface area contributed by atoms with Crippen LogP contribution in [0.3, 0.4) is 0 Å². The Labute approximate surface area is 98.1 Å². The van der Waals surface area contributed by atoms with Crippen molar-refractivity contribution in [1.29, 1.82) is 0 Å². The molecule has 0 bridgehead atoms. The van der Waals surface area contributed by atoms with Gasteiger partial charge in [0.25, 0.3) is 0 Å². The minimum absolute atomic E-state index is 0.0144. The summed E-state index contributed by atoms with van der Waals surface area (Å²) in [6, 6.07) is 0.0153. The smallest absolute Gasteiger partial charge is 0.236 e. The largest absolute Gasteiger partial charge is 0.368 e. The minimum Gasteiger partial charge on any atom is -0.368 e. The van der Waals surface area contributed by atoms with Gasteiger partial charge in [-0.1, -0.05) is 0 Å². The molecule has 2 atom stereocenters. The second-order valence-electron chi connectivity index (χ2n) is 5.72. The molecule has 1 rings (SSSR count). The molecule has 1 saturated heterocycles. The maximum atomic E-state index is 11.5. The Bertz CT molecular complexity index is 274. The molecule has 1 fully saturated rings. The van der Waals surface area contributed by atoms with E-state index in [-0.39, 0.29) is 29.2 Å². The van der Waals surface area contributed by atoms with Gasteiger partial charge in [0.05, 0.1) is 17.2 Å². The Morgan fingerprint density at radius 2 is 1.94 bits per heavy atom. The highest BCUT2D eigenvalue weighted by Crippen LogP contribution is 2.37. The molecule has 0 radical (unpaired) electrons. The molecule has 0 saturated carbocycles. The first kappa shape index (κ1) is 13.5. The number of carbonyl (C=O) groups excluding carboxylic acids is 1. The number of likely N-dealkylation sites (N-methyl/N-ethyl adjacent to an activating group) is 1. The molecule has 1 heterocycles. The summed E-state index contributed by atoms with van der Waals surface area (Å²) in [4.78, 5) is 11.5. The molecule has 1 amide bonds. The minimum atomic E-state index is -0.230. The van der Waals surface area contributed by atoms with Crippen molar-refractivity contribution in [3.05, 3.63) is 0 Å². The van der Waals surface area contributed by atoms with Crippen LogP contribution in [0.25, 0.3) is 0 Å². The molecule has 94 valence electrons. The van der Waals surface area contributed by atoms with Crippen molar-refractivity contribution in [2.24, 2.45) is 0 Å². The lowest BCUT2D eigenvalue weighted by Crippen LogP contribution is -2.51. The van der Waals surface area contributed by atoms with E-state index in [2.05, 4.69) is 38.3 Å². The zero-order valence-corrected chi connectivity index (χ0v) is 11.2. The van der Waals surface area contributed by atoms with Crippen LogP contribution < -0.4 is 10.6 Å². The van der Waals surface area contributed by atoms with Crippen molar-refractivity contribution >= 4 is 5.91 Å². The van der Waals surface area contributed by atoms with Gasteiger partial charge in [0.2, 0.25) is 5.91 Å². The van der Waals surface area contributed by atoms with Crippen LogP contribution in [0, 0.1) is 0 Å². The highest BCUT2D eigenvalue weighted by atomic mass is 16.5. The average Bonchev–Trinajstić information content (AvgIpc) is 2.32. The highest BCUT2D eigenvalue weighted by molar-refractivity contribution is 5.80. The van der Waals surface area contributed by atoms with E-state index in [1.807, 2.05) is 6.92 Å². The third kappa shape index (κ3) is 2.95. The molecule has 1 aliphatic heterocycles. The summed E-state index contributed by atoms with van der Waals surface area (Å²) >= 11 is 0. The highest BCUT2D eigenvalue weighted by Gasteiger charge is 2.46. The maximum Gasteiger partial charge on any atom is 0.236 e. The lowest BCUT2D eigenvalue weighted by atomic mass is 9.94. The van der Waals surface area contributed by atoms with Gasteiger partial charge in [-0.3, -0.25) is 4.79 Å². The molecule has 0 aromatic heterocycles. The summed E-state index contributed by atoms with van der Waals surface area (Å²) in [5, 5.41) is 5.98. The van der Waals surface area contributed by atoms with Gasteiger partial charge in [0.1, 0.15) is 0 Å². The van der Waals surface area contributed by atoms with Gasteiger partial charge in [0.15, 0.2) is 0 Å². The predicted octanol–water partition coefficient (Wildman–Crippen LogP) is 1.06. The first-order valence-electron chi connectivity index (χ1n) is 5.86. The summed E-state index contributed by atoms with van der Waals surface area (Å²) in [7, 11) is 1.65. The summed E-state index contributed by atoms with van der Waals surface area (Å²) in [6.07, 6.45) is 0.918. The normalized spacial score (nSPS) is 28.8. The molecule has 0 spiro atoms. The van der Waals surface area contributed by atoms with Crippen LogP contribution in [0.15, 0.2) is 0 Å². The average molecular weight is 228 g/mol. The van der Waals surface area contributed by atoms with E-state index in [4.69, 9.17) is 4.74 Å². The van der Waals surface area contributed by atoms with Crippen LogP contribution in [-0.4, -0.2) is 36.2 Å². The Kier molecular flexibility index (Phi) is 3.65. The number of hydrogen-bond acceptors (Lipinski definition) is 3. The summed E-state index contributed by atoms with van der Waals surface area (Å²) in [6.45, 7) is 10.2. The Morgan fingerprint density at radius 3 is 2.31 bits per heavy atom. The van der Waals surface area contributed by atoms with Gasteiger partial charge >= 0.3 is 0 Å². The van der Waals surface area contributed by atoms with Gasteiger partial charge in [0, 0.05) is 13.1 Å². The number of ether oxygens (including phenoxy) is 1. The molecule has 0 aromatic carbocycles. The van der Waals surface area contributed by atoms with Gasteiger partial charge < -0.3 is 15.4 Å². The van der Waals surface area contributed by atoms with E-state index in [1.54, 1.807) is 7.05 Å². The van der Waals surface area contributed by atoms with Crippen molar-refractivity contribution in [2.45, 2.75) is 64.3 Å². The molecular weight excluding hydrogens is 204 g/mol. The fraction of sp³-hybridized carbons (Fsp3) is 0.917. The van der Waals surface area contributed by atoms with E-state index in [0.717, 1.165) is 6.42 Å². The molecule has 0 aromatic rings. The van der Waals surface area contributed by atoms with Crippen LogP contribution in [0.1, 0.15) is 41.0 Å². The van der Waals surface area contributed by atoms with Crippen LogP contribution in [0.2, 0.25) is 0 Å². The van der Waals surface area contributed by atoms with Crippen molar-refractivity contribution in [3.8, 4) is 0 Å². The summed E-state index contributed by atoms with van der Waals surface area (Å²) in [5.41, 5.74) is -0.352. The first-order valence-corrected chi connectivity index (χ1v) is 5.86.